The molecule has 0 saturated carbocycles. The Kier molecular flexibility index (Phi) is 5.41. The van der Waals surface area contributed by atoms with Crippen molar-refractivity contribution in [3.63, 3.8) is 0 Å². The number of rotatable bonds is 6. The molecule has 0 bridgehead atoms. The molecule has 2 rings (SSSR count). The molecule has 0 radical (unpaired) electrons. The molecule has 0 saturated heterocycles. The average molecular weight is 299 g/mol. The van der Waals surface area contributed by atoms with Crippen LogP contribution in [0.3, 0.4) is 0 Å². The number of aryl methyl sites for hydroxylation is 2. The third-order valence-electron chi connectivity index (χ3n) is 4.52. The molecular formula is C19H29N3. The molecule has 2 aromatic rings. The summed E-state index contributed by atoms with van der Waals surface area (Å²) in [6, 6.07) is 11.5. The van der Waals surface area contributed by atoms with Crippen molar-refractivity contribution in [1.29, 1.82) is 0 Å². The van der Waals surface area contributed by atoms with E-state index in [4.69, 9.17) is 0 Å². The fraction of sp³-hybridized carbons (Fsp3) is 0.526. The summed E-state index contributed by atoms with van der Waals surface area (Å²) in [6.45, 7) is 15.4. The van der Waals surface area contributed by atoms with Crippen LogP contribution in [-0.2, 0) is 6.54 Å². The Balaban J connectivity index is 2.13. The smallest absolute Gasteiger partial charge is 0.0648 e. The summed E-state index contributed by atoms with van der Waals surface area (Å²) >= 11 is 0. The van der Waals surface area contributed by atoms with Crippen LogP contribution in [-0.4, -0.2) is 27.3 Å². The van der Waals surface area contributed by atoms with Crippen molar-refractivity contribution in [2.24, 2.45) is 5.92 Å². The molecule has 1 aromatic carbocycles. The van der Waals surface area contributed by atoms with Gasteiger partial charge in [0.25, 0.3) is 0 Å². The molecule has 0 spiro atoms. The first-order chi connectivity index (χ1) is 10.4. The highest BCUT2D eigenvalue weighted by Crippen LogP contribution is 2.17. The molecule has 3 heteroatoms. The van der Waals surface area contributed by atoms with Gasteiger partial charge in [-0.15, -0.1) is 0 Å². The Morgan fingerprint density at radius 1 is 1.09 bits per heavy atom. The quantitative estimate of drug-likeness (QED) is 0.790. The van der Waals surface area contributed by atoms with Gasteiger partial charge in [-0.1, -0.05) is 32.9 Å². The number of aromatic nitrogens is 2. The number of benzene rings is 1. The minimum Gasteiger partial charge on any atom is -0.296 e. The van der Waals surface area contributed by atoms with Gasteiger partial charge in [0.1, 0.15) is 0 Å². The highest BCUT2D eigenvalue weighted by Gasteiger charge is 2.15. The first kappa shape index (κ1) is 16.8. The second kappa shape index (κ2) is 7.10. The van der Waals surface area contributed by atoms with Crippen LogP contribution >= 0.6 is 0 Å². The predicted molar refractivity (Wildman–Crippen MR) is 93.4 cm³/mol. The van der Waals surface area contributed by atoms with Crippen molar-refractivity contribution in [3.8, 4) is 5.69 Å². The van der Waals surface area contributed by atoms with Crippen molar-refractivity contribution in [3.05, 3.63) is 47.3 Å². The first-order valence-electron chi connectivity index (χ1n) is 8.29. The summed E-state index contributed by atoms with van der Waals surface area (Å²) in [5.74, 6) is 0.675. The van der Waals surface area contributed by atoms with Crippen LogP contribution in [0.1, 0.15) is 44.6 Å². The standard InChI is InChI=1S/C19H29N3/c1-7-21(17(6)14(2)3)13-18-8-10-19(11-9-18)22-16(5)12-15(4)20-22/h8-12,14,17H,7,13H2,1-6H3. The molecule has 0 fully saturated rings. The lowest BCUT2D eigenvalue weighted by Crippen LogP contribution is -2.36. The molecule has 22 heavy (non-hydrogen) atoms. The van der Waals surface area contributed by atoms with Crippen LogP contribution in [0.25, 0.3) is 5.69 Å². The number of hydrogen-bond donors (Lipinski definition) is 0. The molecule has 0 N–H and O–H groups in total. The Labute approximate surface area is 135 Å². The van der Waals surface area contributed by atoms with Gasteiger partial charge in [-0.25, -0.2) is 4.68 Å². The lowest BCUT2D eigenvalue weighted by atomic mass is 10.0. The highest BCUT2D eigenvalue weighted by atomic mass is 15.3. The van der Waals surface area contributed by atoms with Gasteiger partial charge in [-0.2, -0.15) is 5.10 Å². The minimum absolute atomic E-state index is 0.598. The number of hydrogen-bond acceptors (Lipinski definition) is 2. The van der Waals surface area contributed by atoms with E-state index in [0.717, 1.165) is 24.5 Å². The fourth-order valence-corrected chi connectivity index (χ4v) is 2.83. The molecule has 0 aliphatic heterocycles. The van der Waals surface area contributed by atoms with E-state index in [9.17, 15) is 0 Å². The lowest BCUT2D eigenvalue weighted by Gasteiger charge is -2.30. The maximum atomic E-state index is 4.54. The molecule has 1 unspecified atom stereocenters. The highest BCUT2D eigenvalue weighted by molar-refractivity contribution is 5.36. The van der Waals surface area contributed by atoms with Gasteiger partial charge in [0.05, 0.1) is 11.4 Å². The SMILES string of the molecule is CCN(Cc1ccc(-n2nc(C)cc2C)cc1)C(C)C(C)C. The summed E-state index contributed by atoms with van der Waals surface area (Å²) in [7, 11) is 0. The molecule has 120 valence electrons. The van der Waals surface area contributed by atoms with Gasteiger partial charge in [0.2, 0.25) is 0 Å². The van der Waals surface area contributed by atoms with E-state index < -0.39 is 0 Å². The topological polar surface area (TPSA) is 21.1 Å². The van der Waals surface area contributed by atoms with Gasteiger partial charge in [-0.05, 0) is 57.0 Å². The van der Waals surface area contributed by atoms with E-state index in [1.54, 1.807) is 0 Å². The molecule has 3 nitrogen and oxygen atoms in total. The fourth-order valence-electron chi connectivity index (χ4n) is 2.83. The van der Waals surface area contributed by atoms with Crippen LogP contribution in [0.4, 0.5) is 0 Å². The summed E-state index contributed by atoms with van der Waals surface area (Å²) in [5.41, 5.74) is 4.73. The molecule has 1 atom stereocenters. The van der Waals surface area contributed by atoms with Gasteiger partial charge >= 0.3 is 0 Å². The molecule has 0 aliphatic carbocycles. The van der Waals surface area contributed by atoms with Gasteiger partial charge < -0.3 is 0 Å². The average Bonchev–Trinajstić information content (AvgIpc) is 2.83. The van der Waals surface area contributed by atoms with E-state index in [1.807, 2.05) is 11.6 Å². The summed E-state index contributed by atoms with van der Waals surface area (Å²) in [6.07, 6.45) is 0. The van der Waals surface area contributed by atoms with Gasteiger partial charge in [-0.3, -0.25) is 4.90 Å². The van der Waals surface area contributed by atoms with Crippen LogP contribution in [0, 0.1) is 19.8 Å². The van der Waals surface area contributed by atoms with Crippen LogP contribution in [0.15, 0.2) is 30.3 Å². The summed E-state index contributed by atoms with van der Waals surface area (Å²) in [4.78, 5) is 2.53. The van der Waals surface area contributed by atoms with E-state index in [1.165, 1.54) is 11.3 Å². The van der Waals surface area contributed by atoms with Crippen LogP contribution < -0.4 is 0 Å². The maximum absolute atomic E-state index is 4.54. The van der Waals surface area contributed by atoms with E-state index in [0.29, 0.717) is 12.0 Å². The van der Waals surface area contributed by atoms with Crippen LogP contribution in [0.2, 0.25) is 0 Å². The van der Waals surface area contributed by atoms with E-state index >= 15 is 0 Å². The van der Waals surface area contributed by atoms with Gasteiger partial charge in [0, 0.05) is 18.3 Å². The predicted octanol–water partition coefficient (Wildman–Crippen LogP) is 4.36. The zero-order chi connectivity index (χ0) is 16.3. The van der Waals surface area contributed by atoms with Crippen molar-refractivity contribution in [2.75, 3.05) is 6.54 Å². The Morgan fingerprint density at radius 2 is 1.73 bits per heavy atom. The Hall–Kier alpha value is -1.61. The Morgan fingerprint density at radius 3 is 2.18 bits per heavy atom. The van der Waals surface area contributed by atoms with E-state index in [-0.39, 0.29) is 0 Å². The zero-order valence-corrected chi connectivity index (χ0v) is 14.8. The summed E-state index contributed by atoms with van der Waals surface area (Å²) in [5, 5.41) is 4.54. The third-order valence-corrected chi connectivity index (χ3v) is 4.52. The normalized spacial score (nSPS) is 13.1. The maximum Gasteiger partial charge on any atom is 0.0648 e. The third kappa shape index (κ3) is 3.77. The molecule has 0 aliphatic rings. The zero-order valence-electron chi connectivity index (χ0n) is 14.8. The molecular weight excluding hydrogens is 270 g/mol. The van der Waals surface area contributed by atoms with Crippen molar-refractivity contribution >= 4 is 0 Å². The van der Waals surface area contributed by atoms with Crippen molar-refractivity contribution < 1.29 is 0 Å². The largest absolute Gasteiger partial charge is 0.296 e. The van der Waals surface area contributed by atoms with Crippen molar-refractivity contribution in [2.45, 2.75) is 54.1 Å². The second-order valence-corrected chi connectivity index (χ2v) is 6.55. The first-order valence-corrected chi connectivity index (χ1v) is 8.29. The monoisotopic (exact) mass is 299 g/mol. The molecule has 1 aromatic heterocycles. The lowest BCUT2D eigenvalue weighted by molar-refractivity contribution is 0.169. The number of nitrogens with zero attached hydrogens (tertiary/aromatic N) is 3. The van der Waals surface area contributed by atoms with Gasteiger partial charge in [0.15, 0.2) is 0 Å². The molecule has 0 amide bonds. The van der Waals surface area contributed by atoms with E-state index in [2.05, 4.69) is 74.9 Å². The second-order valence-electron chi connectivity index (χ2n) is 6.55. The van der Waals surface area contributed by atoms with Crippen LogP contribution in [0.5, 0.6) is 0 Å². The molecule has 1 heterocycles. The summed E-state index contributed by atoms with van der Waals surface area (Å²) < 4.78 is 2.01. The Bertz CT molecular complexity index is 596. The minimum atomic E-state index is 0.598. The van der Waals surface area contributed by atoms with Crippen molar-refractivity contribution in [1.82, 2.24) is 14.7 Å².